The van der Waals surface area contributed by atoms with Gasteiger partial charge in [0.25, 0.3) is 0 Å². The number of pyridine rings is 1. The normalized spacial score (nSPS) is 14.6. The Morgan fingerprint density at radius 3 is 2.90 bits per heavy atom. The number of nitrogens with zero attached hydrogens (tertiary/aromatic N) is 2. The van der Waals surface area contributed by atoms with Gasteiger partial charge in [0.1, 0.15) is 0 Å². The summed E-state index contributed by atoms with van der Waals surface area (Å²) in [6.45, 7) is 3.56. The molecule has 1 aliphatic heterocycles. The number of hydrogen-bond acceptors (Lipinski definition) is 4. The van der Waals surface area contributed by atoms with Crippen molar-refractivity contribution in [2.75, 3.05) is 13.2 Å². The van der Waals surface area contributed by atoms with E-state index in [1.54, 1.807) is 11.3 Å². The Morgan fingerprint density at radius 1 is 1.14 bits per heavy atom. The molecule has 1 N–H and O–H groups in total. The maximum absolute atomic E-state index is 4.70. The fourth-order valence-corrected chi connectivity index (χ4v) is 3.53. The third-order valence-electron chi connectivity index (χ3n) is 3.74. The van der Waals surface area contributed by atoms with Gasteiger partial charge in [0.05, 0.1) is 18.1 Å². The highest BCUT2D eigenvalue weighted by Crippen LogP contribution is 2.31. The van der Waals surface area contributed by atoms with Crippen LogP contribution < -0.4 is 5.32 Å². The van der Waals surface area contributed by atoms with E-state index in [0.717, 1.165) is 23.6 Å². The van der Waals surface area contributed by atoms with Crippen molar-refractivity contribution >= 4 is 27.1 Å². The van der Waals surface area contributed by atoms with Crippen molar-refractivity contribution in [1.29, 1.82) is 0 Å². The van der Waals surface area contributed by atoms with Gasteiger partial charge in [-0.1, -0.05) is 6.07 Å². The predicted molar refractivity (Wildman–Crippen MR) is 89.2 cm³/mol. The van der Waals surface area contributed by atoms with Crippen molar-refractivity contribution < 1.29 is 0 Å². The van der Waals surface area contributed by atoms with Gasteiger partial charge in [-0.15, -0.1) is 11.3 Å². The molecule has 0 fully saturated rings. The van der Waals surface area contributed by atoms with E-state index in [2.05, 4.69) is 46.0 Å². The largest absolute Gasteiger partial charge is 0.293 e. The molecule has 0 amide bonds. The van der Waals surface area contributed by atoms with Gasteiger partial charge in [-0.25, -0.2) is 0 Å². The lowest BCUT2D eigenvalue weighted by atomic mass is 9.98. The molecular formula is C17H15N3S. The van der Waals surface area contributed by atoms with Crippen molar-refractivity contribution in [3.8, 4) is 11.3 Å². The van der Waals surface area contributed by atoms with Gasteiger partial charge in [-0.3, -0.25) is 15.3 Å². The Kier molecular flexibility index (Phi) is 3.05. The first-order valence-corrected chi connectivity index (χ1v) is 7.89. The zero-order valence-electron chi connectivity index (χ0n) is 11.8. The number of aliphatic imine (C=N–C) groups is 1. The number of thiophene rings is 1. The number of hydrogen-bond donors (Lipinski definition) is 1. The van der Waals surface area contributed by atoms with Gasteiger partial charge in [0.15, 0.2) is 0 Å². The molecule has 0 bridgehead atoms. The Labute approximate surface area is 127 Å². The number of aromatic nitrogens is 1. The van der Waals surface area contributed by atoms with Crippen molar-refractivity contribution in [1.82, 2.24) is 10.3 Å². The first-order valence-electron chi connectivity index (χ1n) is 7.01. The standard InChI is InChI=1S/C17H15N3S/c1-11-3-2-4-15(20-11)14-8-17-12(5-6-21-17)7-13(14)16-9-18-10-19-16/h2-8,18H,9-10H2,1H3. The Balaban J connectivity index is 1.98. The van der Waals surface area contributed by atoms with Crippen molar-refractivity contribution in [3.63, 3.8) is 0 Å². The average molecular weight is 293 g/mol. The molecule has 2 aromatic heterocycles. The molecule has 0 atom stereocenters. The summed E-state index contributed by atoms with van der Waals surface area (Å²) in [5.41, 5.74) is 5.56. The monoisotopic (exact) mass is 293 g/mol. The van der Waals surface area contributed by atoms with Gasteiger partial charge in [-0.2, -0.15) is 0 Å². The van der Waals surface area contributed by atoms with Crippen LogP contribution >= 0.6 is 11.3 Å². The van der Waals surface area contributed by atoms with Crippen molar-refractivity contribution in [3.05, 3.63) is 53.0 Å². The first kappa shape index (κ1) is 12.7. The van der Waals surface area contributed by atoms with Gasteiger partial charge in [0.2, 0.25) is 0 Å². The molecule has 21 heavy (non-hydrogen) atoms. The van der Waals surface area contributed by atoms with E-state index in [1.807, 2.05) is 13.0 Å². The average Bonchev–Trinajstić information content (AvgIpc) is 3.17. The molecule has 1 aliphatic rings. The summed E-state index contributed by atoms with van der Waals surface area (Å²) in [5, 5.41) is 6.70. The maximum Gasteiger partial charge on any atom is 0.0891 e. The summed E-state index contributed by atoms with van der Waals surface area (Å²) in [4.78, 5) is 9.28. The minimum Gasteiger partial charge on any atom is -0.293 e. The highest BCUT2D eigenvalue weighted by molar-refractivity contribution is 7.17. The smallest absolute Gasteiger partial charge is 0.0891 e. The van der Waals surface area contributed by atoms with Crippen LogP contribution in [0.15, 0.2) is 46.8 Å². The van der Waals surface area contributed by atoms with Gasteiger partial charge >= 0.3 is 0 Å². The van der Waals surface area contributed by atoms with Crippen LogP contribution in [0, 0.1) is 6.92 Å². The van der Waals surface area contributed by atoms with Crippen LogP contribution in [0.3, 0.4) is 0 Å². The molecule has 0 unspecified atom stereocenters. The number of benzene rings is 1. The quantitative estimate of drug-likeness (QED) is 0.783. The van der Waals surface area contributed by atoms with Gasteiger partial charge < -0.3 is 0 Å². The van der Waals surface area contributed by atoms with E-state index >= 15 is 0 Å². The predicted octanol–water partition coefficient (Wildman–Crippen LogP) is 3.62. The van der Waals surface area contributed by atoms with Crippen LogP contribution in [0.25, 0.3) is 21.3 Å². The topological polar surface area (TPSA) is 37.3 Å². The lowest BCUT2D eigenvalue weighted by Crippen LogP contribution is -2.14. The Hall–Kier alpha value is -2.04. The van der Waals surface area contributed by atoms with E-state index in [-0.39, 0.29) is 0 Å². The molecule has 104 valence electrons. The van der Waals surface area contributed by atoms with Crippen molar-refractivity contribution in [2.45, 2.75) is 6.92 Å². The van der Waals surface area contributed by atoms with Crippen LogP contribution in [-0.4, -0.2) is 23.9 Å². The summed E-state index contributed by atoms with van der Waals surface area (Å²) >= 11 is 1.77. The maximum atomic E-state index is 4.70. The Morgan fingerprint density at radius 2 is 2.10 bits per heavy atom. The number of rotatable bonds is 2. The highest BCUT2D eigenvalue weighted by atomic mass is 32.1. The minimum atomic E-state index is 0.706. The second-order valence-corrected chi connectivity index (χ2v) is 6.16. The summed E-state index contributed by atoms with van der Waals surface area (Å²) in [7, 11) is 0. The zero-order valence-corrected chi connectivity index (χ0v) is 12.6. The summed E-state index contributed by atoms with van der Waals surface area (Å²) in [6, 6.07) is 12.8. The molecular weight excluding hydrogens is 278 g/mol. The van der Waals surface area contributed by atoms with E-state index in [4.69, 9.17) is 4.98 Å². The molecule has 1 aromatic carbocycles. The van der Waals surface area contributed by atoms with E-state index in [0.29, 0.717) is 6.67 Å². The van der Waals surface area contributed by atoms with Crippen molar-refractivity contribution in [2.24, 2.45) is 4.99 Å². The number of aryl methyl sites for hydroxylation is 1. The van der Waals surface area contributed by atoms with Crippen LogP contribution in [0.1, 0.15) is 11.3 Å². The van der Waals surface area contributed by atoms with E-state index in [1.165, 1.54) is 21.2 Å². The minimum absolute atomic E-state index is 0.706. The summed E-state index contributed by atoms with van der Waals surface area (Å²) in [5.74, 6) is 0. The molecule has 0 spiro atoms. The third-order valence-corrected chi connectivity index (χ3v) is 4.62. The van der Waals surface area contributed by atoms with Gasteiger partial charge in [-0.05, 0) is 48.0 Å². The summed E-state index contributed by atoms with van der Waals surface area (Å²) < 4.78 is 1.30. The molecule has 0 saturated carbocycles. The second-order valence-electron chi connectivity index (χ2n) is 5.21. The van der Waals surface area contributed by atoms with E-state index < -0.39 is 0 Å². The molecule has 0 aliphatic carbocycles. The lowest BCUT2D eigenvalue weighted by molar-refractivity contribution is 0.850. The molecule has 0 saturated heterocycles. The highest BCUT2D eigenvalue weighted by Gasteiger charge is 2.16. The van der Waals surface area contributed by atoms with Gasteiger partial charge in [0, 0.05) is 28.1 Å². The fraction of sp³-hybridized carbons (Fsp3) is 0.176. The zero-order chi connectivity index (χ0) is 14.2. The second kappa shape index (κ2) is 5.06. The number of fused-ring (bicyclic) bond motifs is 1. The Bertz CT molecular complexity index is 848. The molecule has 4 rings (SSSR count). The number of nitrogens with one attached hydrogen (secondary N) is 1. The molecule has 3 aromatic rings. The summed E-state index contributed by atoms with van der Waals surface area (Å²) in [6.07, 6.45) is 0. The molecule has 3 nitrogen and oxygen atoms in total. The third kappa shape index (κ3) is 2.26. The van der Waals surface area contributed by atoms with Crippen LogP contribution in [0.2, 0.25) is 0 Å². The van der Waals surface area contributed by atoms with Crippen LogP contribution in [0.5, 0.6) is 0 Å². The van der Waals surface area contributed by atoms with Crippen LogP contribution in [0.4, 0.5) is 0 Å². The SMILES string of the molecule is Cc1cccc(-c2cc3sccc3cc2C2=NCNC2)n1. The van der Waals surface area contributed by atoms with E-state index in [9.17, 15) is 0 Å². The lowest BCUT2D eigenvalue weighted by Gasteiger charge is -2.10. The molecule has 0 radical (unpaired) electrons. The van der Waals surface area contributed by atoms with Crippen LogP contribution in [-0.2, 0) is 0 Å². The molecule has 4 heteroatoms. The fourth-order valence-electron chi connectivity index (χ4n) is 2.72. The first-order chi connectivity index (χ1) is 10.3. The molecule has 3 heterocycles.